The molecule has 0 saturated heterocycles. The number of halogens is 1. The van der Waals surface area contributed by atoms with E-state index in [1.807, 2.05) is 0 Å². The summed E-state index contributed by atoms with van der Waals surface area (Å²) in [4.78, 5) is 22.9. The van der Waals surface area contributed by atoms with Crippen molar-refractivity contribution in [1.29, 1.82) is 0 Å². The van der Waals surface area contributed by atoms with E-state index >= 15 is 0 Å². The van der Waals surface area contributed by atoms with Gasteiger partial charge in [-0.3, -0.25) is 14.9 Å². The second-order valence-electron chi connectivity index (χ2n) is 5.66. The molecule has 0 radical (unpaired) electrons. The summed E-state index contributed by atoms with van der Waals surface area (Å²) in [6.45, 7) is 1.15. The van der Waals surface area contributed by atoms with Crippen LogP contribution in [0.3, 0.4) is 0 Å². The van der Waals surface area contributed by atoms with Gasteiger partial charge in [-0.15, -0.1) is 11.8 Å². The standard InChI is InChI=1S/C18H16ClNO6S/c19-15-8-12(9-16-18(15)25-7-1-6-24-16)10-26-17(21)11-27-14-4-2-13(3-5-14)20(22)23/h2-5,8-9H,1,6-7,10-11H2. The van der Waals surface area contributed by atoms with Gasteiger partial charge >= 0.3 is 5.97 Å². The van der Waals surface area contributed by atoms with Crippen molar-refractivity contribution >= 4 is 35.0 Å². The van der Waals surface area contributed by atoms with Gasteiger partial charge in [0.2, 0.25) is 0 Å². The fraction of sp³-hybridized carbons (Fsp3) is 0.278. The van der Waals surface area contributed by atoms with Crippen LogP contribution < -0.4 is 9.47 Å². The molecule has 0 saturated carbocycles. The molecule has 9 heteroatoms. The maximum atomic E-state index is 12.0. The number of ether oxygens (including phenoxy) is 3. The third kappa shape index (κ3) is 5.27. The van der Waals surface area contributed by atoms with Crippen LogP contribution in [0.5, 0.6) is 11.5 Å². The molecule has 1 heterocycles. The first-order chi connectivity index (χ1) is 13.0. The van der Waals surface area contributed by atoms with Crippen molar-refractivity contribution < 1.29 is 23.9 Å². The van der Waals surface area contributed by atoms with E-state index in [1.54, 1.807) is 24.3 Å². The molecule has 27 heavy (non-hydrogen) atoms. The van der Waals surface area contributed by atoms with Gasteiger partial charge in [0.1, 0.15) is 6.61 Å². The van der Waals surface area contributed by atoms with Crippen LogP contribution in [-0.2, 0) is 16.1 Å². The van der Waals surface area contributed by atoms with E-state index < -0.39 is 10.9 Å². The second kappa shape index (κ2) is 8.96. The van der Waals surface area contributed by atoms with Crippen LogP contribution in [0.25, 0.3) is 0 Å². The van der Waals surface area contributed by atoms with Crippen LogP contribution in [0, 0.1) is 10.1 Å². The van der Waals surface area contributed by atoms with Crippen molar-refractivity contribution in [2.45, 2.75) is 17.9 Å². The first-order valence-electron chi connectivity index (χ1n) is 8.14. The van der Waals surface area contributed by atoms with Crippen LogP contribution in [0.2, 0.25) is 5.02 Å². The Labute approximate surface area is 164 Å². The number of nitro benzene ring substituents is 1. The van der Waals surface area contributed by atoms with Crippen LogP contribution in [0.15, 0.2) is 41.3 Å². The third-order valence-corrected chi connectivity index (χ3v) is 4.93. The normalized spacial score (nSPS) is 12.9. The average Bonchev–Trinajstić information content (AvgIpc) is 2.91. The van der Waals surface area contributed by atoms with Gasteiger partial charge in [-0.2, -0.15) is 0 Å². The molecule has 0 aliphatic carbocycles. The van der Waals surface area contributed by atoms with E-state index in [9.17, 15) is 14.9 Å². The lowest BCUT2D eigenvalue weighted by Crippen LogP contribution is -2.07. The molecule has 0 spiro atoms. The molecule has 0 fully saturated rings. The van der Waals surface area contributed by atoms with Crippen molar-refractivity contribution in [2.75, 3.05) is 19.0 Å². The molecule has 0 bridgehead atoms. The summed E-state index contributed by atoms with van der Waals surface area (Å²) in [5.41, 5.74) is 0.714. The quantitative estimate of drug-likeness (QED) is 0.305. The molecule has 1 aliphatic heterocycles. The number of benzene rings is 2. The highest BCUT2D eigenvalue weighted by molar-refractivity contribution is 8.00. The fourth-order valence-electron chi connectivity index (χ4n) is 2.38. The lowest BCUT2D eigenvalue weighted by Gasteiger charge is -2.12. The molecule has 0 atom stereocenters. The van der Waals surface area contributed by atoms with Gasteiger partial charge in [0.05, 0.1) is 28.9 Å². The zero-order valence-electron chi connectivity index (χ0n) is 14.2. The first kappa shape index (κ1) is 19.3. The summed E-state index contributed by atoms with van der Waals surface area (Å²) in [5, 5.41) is 11.0. The van der Waals surface area contributed by atoms with Gasteiger partial charge in [0.25, 0.3) is 5.69 Å². The van der Waals surface area contributed by atoms with Gasteiger partial charge in [-0.25, -0.2) is 0 Å². The molecule has 3 rings (SSSR count). The summed E-state index contributed by atoms with van der Waals surface area (Å²) in [7, 11) is 0. The van der Waals surface area contributed by atoms with Gasteiger partial charge in [-0.05, 0) is 29.8 Å². The van der Waals surface area contributed by atoms with Gasteiger partial charge in [0.15, 0.2) is 11.5 Å². The van der Waals surface area contributed by atoms with Crippen molar-refractivity contribution in [3.63, 3.8) is 0 Å². The van der Waals surface area contributed by atoms with Crippen LogP contribution in [0.1, 0.15) is 12.0 Å². The van der Waals surface area contributed by atoms with E-state index in [-0.39, 0.29) is 18.0 Å². The number of carbonyl (C=O) groups is 1. The van der Waals surface area contributed by atoms with Gasteiger partial charge in [-0.1, -0.05) is 11.6 Å². The Hall–Kier alpha value is -2.45. The Bertz CT molecular complexity index is 842. The number of carbonyl (C=O) groups excluding carboxylic acids is 1. The Morgan fingerprint density at radius 1 is 1.22 bits per heavy atom. The second-order valence-corrected chi connectivity index (χ2v) is 7.11. The molecule has 142 valence electrons. The number of nitro groups is 1. The van der Waals surface area contributed by atoms with Crippen molar-refractivity contribution in [3.05, 3.63) is 57.1 Å². The molecule has 2 aromatic carbocycles. The number of hydrogen-bond acceptors (Lipinski definition) is 7. The van der Waals surface area contributed by atoms with E-state index in [4.69, 9.17) is 25.8 Å². The minimum absolute atomic E-state index is 0.00760. The Morgan fingerprint density at radius 3 is 2.70 bits per heavy atom. The van der Waals surface area contributed by atoms with Gasteiger partial charge in [0, 0.05) is 23.4 Å². The molecule has 0 aromatic heterocycles. The summed E-state index contributed by atoms with van der Waals surface area (Å²) < 4.78 is 16.4. The summed E-state index contributed by atoms with van der Waals surface area (Å²) in [6, 6.07) is 9.43. The highest BCUT2D eigenvalue weighted by Gasteiger charge is 2.16. The van der Waals surface area contributed by atoms with E-state index in [2.05, 4.69) is 0 Å². The van der Waals surface area contributed by atoms with Gasteiger partial charge < -0.3 is 14.2 Å². The molecular weight excluding hydrogens is 394 g/mol. The first-order valence-corrected chi connectivity index (χ1v) is 9.50. The lowest BCUT2D eigenvalue weighted by atomic mass is 10.2. The number of non-ortho nitro benzene ring substituents is 1. The predicted molar refractivity (Wildman–Crippen MR) is 101 cm³/mol. The Morgan fingerprint density at radius 2 is 1.96 bits per heavy atom. The van der Waals surface area contributed by atoms with Crippen molar-refractivity contribution in [2.24, 2.45) is 0 Å². The molecule has 0 N–H and O–H groups in total. The van der Waals surface area contributed by atoms with Crippen LogP contribution in [0.4, 0.5) is 5.69 Å². The number of fused-ring (bicyclic) bond motifs is 1. The fourth-order valence-corrected chi connectivity index (χ4v) is 3.36. The van der Waals surface area contributed by atoms with E-state index in [0.717, 1.165) is 11.3 Å². The monoisotopic (exact) mass is 409 g/mol. The third-order valence-electron chi connectivity index (χ3n) is 3.67. The highest BCUT2D eigenvalue weighted by atomic mass is 35.5. The largest absolute Gasteiger partial charge is 0.489 e. The van der Waals surface area contributed by atoms with Crippen LogP contribution in [-0.4, -0.2) is 29.9 Å². The topological polar surface area (TPSA) is 87.9 Å². The maximum Gasteiger partial charge on any atom is 0.316 e. The molecule has 1 aliphatic rings. The number of rotatable bonds is 6. The Kier molecular flexibility index (Phi) is 6.41. The smallest absolute Gasteiger partial charge is 0.316 e. The lowest BCUT2D eigenvalue weighted by molar-refractivity contribution is -0.384. The molecule has 0 unspecified atom stereocenters. The molecule has 7 nitrogen and oxygen atoms in total. The highest BCUT2D eigenvalue weighted by Crippen LogP contribution is 2.38. The number of esters is 1. The van der Waals surface area contributed by atoms with Crippen molar-refractivity contribution in [1.82, 2.24) is 0 Å². The van der Waals surface area contributed by atoms with E-state index in [1.165, 1.54) is 23.9 Å². The summed E-state index contributed by atoms with van der Waals surface area (Å²) in [6.07, 6.45) is 0.773. The average molecular weight is 410 g/mol. The SMILES string of the molecule is O=C(CSc1ccc([N+](=O)[O-])cc1)OCc1cc(Cl)c2c(c1)OCCCO2. The molecular formula is C18H16ClNO6S. The minimum Gasteiger partial charge on any atom is -0.489 e. The molecule has 0 amide bonds. The number of nitrogens with zero attached hydrogens (tertiary/aromatic N) is 1. The Balaban J connectivity index is 1.52. The maximum absolute atomic E-state index is 12.0. The predicted octanol–water partition coefficient (Wildman–Crippen LogP) is 4.25. The molecule has 2 aromatic rings. The summed E-state index contributed by atoms with van der Waals surface area (Å²) >= 11 is 7.46. The van der Waals surface area contributed by atoms with Crippen molar-refractivity contribution in [3.8, 4) is 11.5 Å². The number of thioether (sulfide) groups is 1. The zero-order valence-corrected chi connectivity index (χ0v) is 15.8. The minimum atomic E-state index is -0.469. The number of hydrogen-bond donors (Lipinski definition) is 0. The van der Waals surface area contributed by atoms with E-state index in [0.29, 0.717) is 35.3 Å². The zero-order chi connectivity index (χ0) is 19.2. The van der Waals surface area contributed by atoms with Crippen LogP contribution >= 0.6 is 23.4 Å². The summed E-state index contributed by atoms with van der Waals surface area (Å²) in [5.74, 6) is 0.752.